The lowest BCUT2D eigenvalue weighted by molar-refractivity contribution is -0.149. The molecule has 0 spiro atoms. The number of primary amides is 1. The molecule has 2 aromatic rings. The first kappa shape index (κ1) is 17.7. The number of Topliss-reactive ketones (excluding diaryl/α,β-unsaturated/α-hetero) is 1. The van der Waals surface area contributed by atoms with Gasteiger partial charge < -0.3 is 10.3 Å². The maximum absolute atomic E-state index is 12.9. The minimum atomic E-state index is -0.303. The third kappa shape index (κ3) is 2.79. The number of hydrogen-bond donors (Lipinski definition) is 1. The topological polar surface area (TPSA) is 86.2 Å². The zero-order chi connectivity index (χ0) is 19.5. The van der Waals surface area contributed by atoms with Crippen molar-refractivity contribution in [3.63, 3.8) is 0 Å². The predicted octanol–water partition coefficient (Wildman–Crippen LogP) is 4.15. The minimum Gasteiger partial charge on any atom is -0.369 e. The molecule has 2 atom stereocenters. The molecule has 0 aliphatic heterocycles. The fourth-order valence-electron chi connectivity index (χ4n) is 6.42. The Bertz CT molecular complexity index is 931. The molecule has 4 aliphatic carbocycles. The molecule has 1 heterocycles. The lowest BCUT2D eigenvalue weighted by Gasteiger charge is -2.58. The van der Waals surface area contributed by atoms with Crippen molar-refractivity contribution < 1.29 is 14.1 Å². The summed E-state index contributed by atoms with van der Waals surface area (Å²) in [6.45, 7) is 2.02. The summed E-state index contributed by atoms with van der Waals surface area (Å²) in [6.07, 6.45) is 5.45. The second-order valence-corrected chi connectivity index (χ2v) is 9.35. The number of benzene rings is 1. The van der Waals surface area contributed by atoms with E-state index in [-0.39, 0.29) is 17.1 Å². The van der Waals surface area contributed by atoms with E-state index in [2.05, 4.69) is 5.16 Å². The first-order valence-electron chi connectivity index (χ1n) is 10.3. The fraction of sp³-hybridized carbons (Fsp3) is 0.522. The summed E-state index contributed by atoms with van der Waals surface area (Å²) in [5.74, 6) is 2.37. The first-order valence-corrected chi connectivity index (χ1v) is 10.3. The Labute approximate surface area is 164 Å². The van der Waals surface area contributed by atoms with Gasteiger partial charge in [-0.15, -0.1) is 0 Å². The van der Waals surface area contributed by atoms with Crippen LogP contribution in [0.15, 0.2) is 34.9 Å². The van der Waals surface area contributed by atoms with E-state index in [0.29, 0.717) is 41.5 Å². The highest BCUT2D eigenvalue weighted by Gasteiger charge is 2.57. The Kier molecular flexibility index (Phi) is 3.97. The van der Waals surface area contributed by atoms with Gasteiger partial charge in [0.1, 0.15) is 5.69 Å². The van der Waals surface area contributed by atoms with Crippen molar-refractivity contribution in [1.29, 1.82) is 0 Å². The van der Waals surface area contributed by atoms with E-state index < -0.39 is 0 Å². The predicted molar refractivity (Wildman–Crippen MR) is 104 cm³/mol. The smallest absolute Gasteiger partial charge is 0.223 e. The van der Waals surface area contributed by atoms with Crippen molar-refractivity contribution in [2.75, 3.05) is 0 Å². The Morgan fingerprint density at radius 3 is 2.61 bits per heavy atom. The number of carbonyl (C=O) groups excluding carboxylic acids is 2. The van der Waals surface area contributed by atoms with Crippen molar-refractivity contribution in [1.82, 2.24) is 5.16 Å². The molecule has 4 saturated carbocycles. The minimum absolute atomic E-state index is 0.0493. The second-order valence-electron chi connectivity index (χ2n) is 9.35. The summed E-state index contributed by atoms with van der Waals surface area (Å²) in [5, 5.41) is 4.05. The molecule has 1 amide bonds. The number of ketones is 1. The van der Waals surface area contributed by atoms with Crippen LogP contribution in [0, 0.1) is 36.0 Å². The van der Waals surface area contributed by atoms with Crippen LogP contribution < -0.4 is 5.73 Å². The molecule has 4 fully saturated rings. The zero-order valence-corrected chi connectivity index (χ0v) is 16.2. The van der Waals surface area contributed by atoms with E-state index in [1.807, 2.05) is 31.2 Å². The average Bonchev–Trinajstić information content (AvgIpc) is 3.14. The number of amides is 1. The van der Waals surface area contributed by atoms with Gasteiger partial charge in [-0.1, -0.05) is 28.9 Å². The summed E-state index contributed by atoms with van der Waals surface area (Å²) >= 11 is 0. The Morgan fingerprint density at radius 1 is 1.18 bits per heavy atom. The quantitative estimate of drug-likeness (QED) is 0.792. The molecular weight excluding hydrogens is 352 g/mol. The van der Waals surface area contributed by atoms with Gasteiger partial charge >= 0.3 is 0 Å². The maximum atomic E-state index is 12.9. The number of aromatic nitrogens is 1. The van der Waals surface area contributed by atoms with E-state index in [1.165, 1.54) is 0 Å². The second kappa shape index (κ2) is 6.29. The van der Waals surface area contributed by atoms with Crippen LogP contribution in [0.25, 0.3) is 11.3 Å². The zero-order valence-electron chi connectivity index (χ0n) is 16.2. The van der Waals surface area contributed by atoms with Crippen LogP contribution in [0.1, 0.15) is 54.6 Å². The van der Waals surface area contributed by atoms with E-state index in [1.54, 1.807) is 6.07 Å². The normalized spacial score (nSPS) is 33.2. The number of hydrogen-bond acceptors (Lipinski definition) is 4. The molecule has 2 unspecified atom stereocenters. The summed E-state index contributed by atoms with van der Waals surface area (Å²) < 4.78 is 5.45. The Balaban J connectivity index is 1.33. The van der Waals surface area contributed by atoms with Crippen molar-refractivity contribution in [2.45, 2.75) is 45.4 Å². The molecule has 1 aromatic carbocycles. The van der Waals surface area contributed by atoms with Gasteiger partial charge in [-0.2, -0.15) is 0 Å². The van der Waals surface area contributed by atoms with Crippen LogP contribution in [0.2, 0.25) is 0 Å². The standard InChI is InChI=1S/C23H26N2O3/c1-13-3-2-4-15(5-13)21-9-19(25-28-21)20(26)8-18-16-6-14-7-17(18)12-23(10-14,11-16)22(24)27/h2-5,9,14,16-18H,6-8,10-12H2,1H3,(H2,24,27). The van der Waals surface area contributed by atoms with Crippen LogP contribution in [0.5, 0.6) is 0 Å². The molecule has 0 saturated heterocycles. The van der Waals surface area contributed by atoms with Gasteiger partial charge in [-0.25, -0.2) is 0 Å². The molecule has 6 rings (SSSR count). The molecule has 4 aliphatic rings. The fourth-order valence-corrected chi connectivity index (χ4v) is 6.42. The van der Waals surface area contributed by atoms with Crippen LogP contribution in [0.3, 0.4) is 0 Å². The Morgan fingerprint density at radius 2 is 1.93 bits per heavy atom. The molecule has 28 heavy (non-hydrogen) atoms. The van der Waals surface area contributed by atoms with Gasteiger partial charge in [-0.3, -0.25) is 9.59 Å². The maximum Gasteiger partial charge on any atom is 0.223 e. The lowest BCUT2D eigenvalue weighted by Crippen LogP contribution is -2.56. The molecule has 5 heteroatoms. The average molecular weight is 378 g/mol. The molecule has 4 bridgehead atoms. The molecule has 146 valence electrons. The monoisotopic (exact) mass is 378 g/mol. The number of rotatable bonds is 5. The van der Waals surface area contributed by atoms with E-state index in [0.717, 1.165) is 43.2 Å². The molecule has 0 radical (unpaired) electrons. The van der Waals surface area contributed by atoms with E-state index in [9.17, 15) is 9.59 Å². The number of nitrogens with two attached hydrogens (primary N) is 1. The van der Waals surface area contributed by atoms with Gasteiger partial charge in [-0.05, 0) is 68.8 Å². The summed E-state index contributed by atoms with van der Waals surface area (Å²) in [6, 6.07) is 9.74. The van der Waals surface area contributed by atoms with Gasteiger partial charge in [0.05, 0.1) is 0 Å². The van der Waals surface area contributed by atoms with Crippen molar-refractivity contribution in [2.24, 2.45) is 34.8 Å². The molecule has 2 N–H and O–H groups in total. The van der Waals surface area contributed by atoms with E-state index >= 15 is 0 Å². The van der Waals surface area contributed by atoms with Crippen LogP contribution >= 0.6 is 0 Å². The van der Waals surface area contributed by atoms with Crippen molar-refractivity contribution in [3.05, 3.63) is 41.6 Å². The largest absolute Gasteiger partial charge is 0.369 e. The number of aryl methyl sites for hydroxylation is 1. The number of carbonyl (C=O) groups is 2. The summed E-state index contributed by atoms with van der Waals surface area (Å²) in [7, 11) is 0. The van der Waals surface area contributed by atoms with Gasteiger partial charge in [0.25, 0.3) is 0 Å². The third-order valence-electron chi connectivity index (χ3n) is 7.51. The van der Waals surface area contributed by atoms with Crippen LogP contribution in [0.4, 0.5) is 0 Å². The summed E-state index contributed by atoms with van der Waals surface area (Å²) in [4.78, 5) is 25.0. The lowest BCUT2D eigenvalue weighted by atomic mass is 9.45. The van der Waals surface area contributed by atoms with Crippen LogP contribution in [-0.2, 0) is 4.79 Å². The molecule has 1 aromatic heterocycles. The van der Waals surface area contributed by atoms with Crippen molar-refractivity contribution >= 4 is 11.7 Å². The Hall–Kier alpha value is -2.43. The highest BCUT2D eigenvalue weighted by atomic mass is 16.5. The van der Waals surface area contributed by atoms with Crippen LogP contribution in [-0.4, -0.2) is 16.8 Å². The van der Waals surface area contributed by atoms with Gasteiger partial charge in [0, 0.05) is 23.5 Å². The van der Waals surface area contributed by atoms with Crippen molar-refractivity contribution in [3.8, 4) is 11.3 Å². The highest BCUT2D eigenvalue weighted by molar-refractivity contribution is 5.95. The highest BCUT2D eigenvalue weighted by Crippen LogP contribution is 2.62. The van der Waals surface area contributed by atoms with Gasteiger partial charge in [0.15, 0.2) is 11.5 Å². The third-order valence-corrected chi connectivity index (χ3v) is 7.51. The summed E-state index contributed by atoms with van der Waals surface area (Å²) in [5.41, 5.74) is 7.95. The number of nitrogens with zero attached hydrogens (tertiary/aromatic N) is 1. The van der Waals surface area contributed by atoms with Gasteiger partial charge in [0.2, 0.25) is 5.91 Å². The molecule has 5 nitrogen and oxygen atoms in total. The SMILES string of the molecule is Cc1cccc(-c2cc(C(=O)CC3C4CC5CC3CC(C(N)=O)(C5)C4)no2)c1. The van der Waals surface area contributed by atoms with E-state index in [4.69, 9.17) is 10.3 Å². The molecular formula is C23H26N2O3. The first-order chi connectivity index (χ1) is 13.4.